The van der Waals surface area contributed by atoms with Crippen LogP contribution in [-0.4, -0.2) is 32.3 Å². The first-order valence-corrected chi connectivity index (χ1v) is 11.1. The summed E-state index contributed by atoms with van der Waals surface area (Å²) in [7, 11) is 3.28. The van der Waals surface area contributed by atoms with Crippen LogP contribution in [0.25, 0.3) is 11.2 Å². The molecule has 33 heavy (non-hydrogen) atoms. The third kappa shape index (κ3) is 3.51. The molecule has 1 atom stereocenters. The number of hydrogen-bond donors (Lipinski definition) is 0. The van der Waals surface area contributed by atoms with Crippen LogP contribution in [0.1, 0.15) is 12.5 Å². The Kier molecular flexibility index (Phi) is 5.25. The Morgan fingerprint density at radius 3 is 2.52 bits per heavy atom. The summed E-state index contributed by atoms with van der Waals surface area (Å²) in [5.74, 6) is 1.68. The Balaban J connectivity index is 1.70. The number of ether oxygens (including phenoxy) is 1. The zero-order valence-electron chi connectivity index (χ0n) is 18.7. The number of nitrogens with zero attached hydrogens (tertiary/aromatic N) is 5. The van der Waals surface area contributed by atoms with Gasteiger partial charge < -0.3 is 14.2 Å². The van der Waals surface area contributed by atoms with Crippen molar-refractivity contribution in [3.05, 3.63) is 80.0 Å². The molecule has 3 heterocycles. The van der Waals surface area contributed by atoms with Gasteiger partial charge >= 0.3 is 5.69 Å². The van der Waals surface area contributed by atoms with Gasteiger partial charge in [0, 0.05) is 30.8 Å². The zero-order valence-corrected chi connectivity index (χ0v) is 19.4. The number of fused-ring (bicyclic) bond motifs is 3. The highest BCUT2D eigenvalue weighted by Crippen LogP contribution is 2.33. The van der Waals surface area contributed by atoms with Crippen LogP contribution in [0.3, 0.4) is 0 Å². The summed E-state index contributed by atoms with van der Waals surface area (Å²) in [6, 6.07) is 15.0. The smallest absolute Gasteiger partial charge is 0.332 e. The summed E-state index contributed by atoms with van der Waals surface area (Å²) in [6.07, 6.45) is 0. The van der Waals surface area contributed by atoms with Crippen molar-refractivity contribution in [1.29, 1.82) is 0 Å². The number of imidazole rings is 1. The van der Waals surface area contributed by atoms with E-state index in [-0.39, 0.29) is 18.0 Å². The maximum Gasteiger partial charge on any atom is 0.332 e. The molecule has 2 aromatic heterocycles. The van der Waals surface area contributed by atoms with Gasteiger partial charge in [-0.2, -0.15) is 4.98 Å². The lowest BCUT2D eigenvalue weighted by Gasteiger charge is -2.33. The van der Waals surface area contributed by atoms with Gasteiger partial charge in [-0.15, -0.1) is 0 Å². The van der Waals surface area contributed by atoms with Crippen LogP contribution in [0.2, 0.25) is 5.02 Å². The van der Waals surface area contributed by atoms with E-state index in [2.05, 4.69) is 11.8 Å². The average Bonchev–Trinajstić information content (AvgIpc) is 3.20. The highest BCUT2D eigenvalue weighted by molar-refractivity contribution is 6.31. The molecule has 1 unspecified atom stereocenters. The quantitative estimate of drug-likeness (QED) is 0.462. The molecule has 9 heteroatoms. The van der Waals surface area contributed by atoms with E-state index in [1.807, 2.05) is 47.0 Å². The molecular formula is C24H24ClN5O3. The predicted molar refractivity (Wildman–Crippen MR) is 129 cm³/mol. The van der Waals surface area contributed by atoms with Gasteiger partial charge in [-0.25, -0.2) is 4.79 Å². The van der Waals surface area contributed by atoms with Crippen LogP contribution < -0.4 is 20.9 Å². The first-order valence-electron chi connectivity index (χ1n) is 10.7. The van der Waals surface area contributed by atoms with Crippen LogP contribution in [0.5, 0.6) is 5.75 Å². The number of aromatic nitrogens is 4. The van der Waals surface area contributed by atoms with Crippen molar-refractivity contribution in [3.63, 3.8) is 0 Å². The van der Waals surface area contributed by atoms with Gasteiger partial charge in [-0.05, 0) is 41.8 Å². The molecule has 0 saturated heterocycles. The molecule has 2 aromatic carbocycles. The fourth-order valence-corrected chi connectivity index (χ4v) is 4.62. The minimum Gasteiger partial charge on any atom is -0.497 e. The SMILES string of the molecule is COc1ccc(N2CC(C)Cn3c2nc2c3c(=O)n(Cc3ccccc3Cl)c(=O)n2C)cc1. The number of halogens is 1. The van der Waals surface area contributed by atoms with Gasteiger partial charge in [-0.3, -0.25) is 13.9 Å². The molecular weight excluding hydrogens is 442 g/mol. The predicted octanol–water partition coefficient (Wildman–Crippen LogP) is 3.39. The first kappa shape index (κ1) is 21.3. The number of anilines is 2. The van der Waals surface area contributed by atoms with E-state index in [9.17, 15) is 9.59 Å². The highest BCUT2D eigenvalue weighted by atomic mass is 35.5. The zero-order chi connectivity index (χ0) is 23.3. The van der Waals surface area contributed by atoms with Crippen molar-refractivity contribution in [2.45, 2.75) is 20.0 Å². The maximum absolute atomic E-state index is 13.6. The summed E-state index contributed by atoms with van der Waals surface area (Å²) in [4.78, 5) is 33.6. The van der Waals surface area contributed by atoms with Crippen molar-refractivity contribution in [2.75, 3.05) is 18.6 Å². The fraction of sp³-hybridized carbons (Fsp3) is 0.292. The maximum atomic E-state index is 13.6. The summed E-state index contributed by atoms with van der Waals surface area (Å²) in [6.45, 7) is 3.62. The van der Waals surface area contributed by atoms with Crippen molar-refractivity contribution in [2.24, 2.45) is 13.0 Å². The lowest BCUT2D eigenvalue weighted by molar-refractivity contribution is 0.414. The van der Waals surface area contributed by atoms with E-state index in [1.165, 1.54) is 9.13 Å². The molecule has 0 amide bonds. The van der Waals surface area contributed by atoms with Gasteiger partial charge in [0.1, 0.15) is 5.75 Å². The van der Waals surface area contributed by atoms with E-state index < -0.39 is 5.69 Å². The number of benzene rings is 2. The second-order valence-corrected chi connectivity index (χ2v) is 8.84. The van der Waals surface area contributed by atoms with Gasteiger partial charge in [0.2, 0.25) is 5.95 Å². The normalized spacial score (nSPS) is 15.6. The second kappa shape index (κ2) is 8.12. The van der Waals surface area contributed by atoms with Gasteiger partial charge in [0.05, 0.1) is 13.7 Å². The van der Waals surface area contributed by atoms with E-state index in [0.29, 0.717) is 34.2 Å². The largest absolute Gasteiger partial charge is 0.497 e. The topological polar surface area (TPSA) is 74.3 Å². The molecule has 4 aromatic rings. The molecule has 8 nitrogen and oxygen atoms in total. The van der Waals surface area contributed by atoms with Crippen molar-refractivity contribution in [1.82, 2.24) is 18.7 Å². The van der Waals surface area contributed by atoms with Gasteiger partial charge in [-0.1, -0.05) is 36.7 Å². The lowest BCUT2D eigenvalue weighted by Crippen LogP contribution is -2.40. The molecule has 0 radical (unpaired) electrons. The summed E-state index contributed by atoms with van der Waals surface area (Å²) >= 11 is 6.30. The molecule has 0 bridgehead atoms. The standard InChI is InChI=1S/C24H24ClN5O3/c1-15-12-28(17-8-10-18(33-3)11-9-17)23-26-21-20(29(23)13-15)22(31)30(24(32)27(21)2)14-16-6-4-5-7-19(16)25/h4-11,15H,12-14H2,1-3H3. The first-order chi connectivity index (χ1) is 15.9. The number of hydrogen-bond acceptors (Lipinski definition) is 5. The van der Waals surface area contributed by atoms with Crippen molar-refractivity contribution < 1.29 is 4.74 Å². The Bertz CT molecular complexity index is 1470. The average molecular weight is 466 g/mol. The third-order valence-corrected chi connectivity index (χ3v) is 6.48. The van der Waals surface area contributed by atoms with Crippen LogP contribution in [0, 0.1) is 5.92 Å². The summed E-state index contributed by atoms with van der Waals surface area (Å²) < 4.78 is 9.88. The number of methoxy groups -OCH3 is 1. The molecule has 0 saturated carbocycles. The van der Waals surface area contributed by atoms with Crippen LogP contribution >= 0.6 is 11.6 Å². The lowest BCUT2D eigenvalue weighted by atomic mass is 10.1. The molecule has 0 N–H and O–H groups in total. The molecule has 1 aliphatic rings. The van der Waals surface area contributed by atoms with Crippen molar-refractivity contribution >= 4 is 34.4 Å². The number of aryl methyl sites for hydroxylation is 1. The Labute approximate surface area is 195 Å². The second-order valence-electron chi connectivity index (χ2n) is 8.43. The molecule has 5 rings (SSSR count). The van der Waals surface area contributed by atoms with Gasteiger partial charge in [0.15, 0.2) is 11.2 Å². The van der Waals surface area contributed by atoms with Crippen molar-refractivity contribution in [3.8, 4) is 5.75 Å². The van der Waals surface area contributed by atoms with E-state index in [0.717, 1.165) is 18.0 Å². The summed E-state index contributed by atoms with van der Waals surface area (Å²) in [5.41, 5.74) is 1.67. The minimum absolute atomic E-state index is 0.0966. The van der Waals surface area contributed by atoms with Crippen LogP contribution in [0.15, 0.2) is 58.1 Å². The highest BCUT2D eigenvalue weighted by Gasteiger charge is 2.30. The molecule has 0 spiro atoms. The molecule has 1 aliphatic heterocycles. The molecule has 0 aliphatic carbocycles. The third-order valence-electron chi connectivity index (χ3n) is 6.11. The Morgan fingerprint density at radius 2 is 1.82 bits per heavy atom. The van der Waals surface area contributed by atoms with Crippen LogP contribution in [-0.2, 0) is 20.1 Å². The van der Waals surface area contributed by atoms with Crippen LogP contribution in [0.4, 0.5) is 11.6 Å². The summed E-state index contributed by atoms with van der Waals surface area (Å²) in [5, 5.41) is 0.515. The van der Waals surface area contributed by atoms with E-state index in [1.54, 1.807) is 20.2 Å². The molecule has 170 valence electrons. The fourth-order valence-electron chi connectivity index (χ4n) is 4.42. The Hall–Kier alpha value is -3.52. The number of rotatable bonds is 4. The Morgan fingerprint density at radius 1 is 1.09 bits per heavy atom. The van der Waals surface area contributed by atoms with E-state index >= 15 is 0 Å². The minimum atomic E-state index is -0.424. The van der Waals surface area contributed by atoms with Gasteiger partial charge in [0.25, 0.3) is 5.56 Å². The van der Waals surface area contributed by atoms with E-state index in [4.69, 9.17) is 21.3 Å². The molecule has 0 fully saturated rings. The monoisotopic (exact) mass is 465 g/mol.